The molecule has 0 aliphatic carbocycles. The van der Waals surface area contributed by atoms with Crippen molar-refractivity contribution in [1.29, 1.82) is 0 Å². The summed E-state index contributed by atoms with van der Waals surface area (Å²) in [4.78, 5) is 0. The number of hydrogen-bond donors (Lipinski definition) is 1. The lowest BCUT2D eigenvalue weighted by Crippen LogP contribution is -1.94. The average Bonchev–Trinajstić information content (AvgIpc) is 2.61. The molecule has 0 atom stereocenters. The zero-order valence-electron chi connectivity index (χ0n) is 9.64. The van der Waals surface area contributed by atoms with Gasteiger partial charge in [0.15, 0.2) is 0 Å². The first-order valence-electron chi connectivity index (χ1n) is 5.44. The maximum absolute atomic E-state index is 8.93. The van der Waals surface area contributed by atoms with Gasteiger partial charge in [0.1, 0.15) is 0 Å². The van der Waals surface area contributed by atoms with E-state index in [-0.39, 0.29) is 6.61 Å². The van der Waals surface area contributed by atoms with E-state index in [1.54, 1.807) is 0 Å². The molecule has 3 nitrogen and oxygen atoms in total. The zero-order chi connectivity index (χ0) is 11.5. The SMILES string of the molecule is Cc1cccc(-n2cc(CCO)c(C)n2)c1. The Labute approximate surface area is 95.3 Å². The lowest BCUT2D eigenvalue weighted by atomic mass is 10.2. The first-order chi connectivity index (χ1) is 7.70. The van der Waals surface area contributed by atoms with Crippen molar-refractivity contribution in [3.8, 4) is 5.69 Å². The average molecular weight is 216 g/mol. The van der Waals surface area contributed by atoms with Gasteiger partial charge >= 0.3 is 0 Å². The van der Waals surface area contributed by atoms with Crippen molar-refractivity contribution in [1.82, 2.24) is 9.78 Å². The minimum atomic E-state index is 0.167. The van der Waals surface area contributed by atoms with Gasteiger partial charge in [-0.1, -0.05) is 12.1 Å². The number of nitrogens with zero attached hydrogens (tertiary/aromatic N) is 2. The van der Waals surface area contributed by atoms with Crippen molar-refractivity contribution in [2.24, 2.45) is 0 Å². The van der Waals surface area contributed by atoms with Gasteiger partial charge in [0.25, 0.3) is 0 Å². The largest absolute Gasteiger partial charge is 0.396 e. The van der Waals surface area contributed by atoms with E-state index >= 15 is 0 Å². The Bertz CT molecular complexity index is 488. The molecule has 2 aromatic rings. The number of aliphatic hydroxyl groups excluding tert-OH is 1. The Hall–Kier alpha value is -1.61. The Balaban J connectivity index is 2.37. The van der Waals surface area contributed by atoms with Crippen LogP contribution in [0.1, 0.15) is 16.8 Å². The molecule has 0 saturated heterocycles. The van der Waals surface area contributed by atoms with Crippen molar-refractivity contribution < 1.29 is 5.11 Å². The normalized spacial score (nSPS) is 10.7. The summed E-state index contributed by atoms with van der Waals surface area (Å²) >= 11 is 0. The van der Waals surface area contributed by atoms with Gasteiger partial charge in [0, 0.05) is 12.8 Å². The van der Waals surface area contributed by atoms with Gasteiger partial charge in [-0.05, 0) is 43.5 Å². The van der Waals surface area contributed by atoms with Crippen molar-refractivity contribution >= 4 is 0 Å². The summed E-state index contributed by atoms with van der Waals surface area (Å²) in [6.07, 6.45) is 2.65. The number of rotatable bonds is 3. The third kappa shape index (κ3) is 2.14. The van der Waals surface area contributed by atoms with E-state index in [2.05, 4.69) is 24.2 Å². The number of aryl methyl sites for hydroxylation is 2. The molecule has 0 aliphatic rings. The molecule has 1 aromatic carbocycles. The zero-order valence-corrected chi connectivity index (χ0v) is 9.64. The summed E-state index contributed by atoms with van der Waals surface area (Å²) in [7, 11) is 0. The smallest absolute Gasteiger partial charge is 0.0648 e. The fraction of sp³-hybridized carbons (Fsp3) is 0.308. The number of hydrogen-bond acceptors (Lipinski definition) is 2. The number of benzene rings is 1. The van der Waals surface area contributed by atoms with Crippen LogP contribution in [0.2, 0.25) is 0 Å². The first kappa shape index (κ1) is 10.9. The molecule has 16 heavy (non-hydrogen) atoms. The minimum absolute atomic E-state index is 0.167. The summed E-state index contributed by atoms with van der Waals surface area (Å²) in [6, 6.07) is 8.21. The van der Waals surface area contributed by atoms with E-state index in [0.717, 1.165) is 16.9 Å². The molecule has 0 unspecified atom stereocenters. The Morgan fingerprint density at radius 3 is 2.81 bits per heavy atom. The van der Waals surface area contributed by atoms with Crippen LogP contribution < -0.4 is 0 Å². The minimum Gasteiger partial charge on any atom is -0.396 e. The van der Waals surface area contributed by atoms with E-state index in [9.17, 15) is 0 Å². The number of aromatic nitrogens is 2. The van der Waals surface area contributed by atoms with E-state index in [4.69, 9.17) is 5.11 Å². The lowest BCUT2D eigenvalue weighted by Gasteiger charge is -2.01. The molecule has 0 spiro atoms. The van der Waals surface area contributed by atoms with Crippen molar-refractivity contribution in [2.75, 3.05) is 6.61 Å². The van der Waals surface area contributed by atoms with Gasteiger partial charge in [0.2, 0.25) is 0 Å². The summed E-state index contributed by atoms with van der Waals surface area (Å²) in [5.41, 5.74) is 4.36. The molecule has 1 aromatic heterocycles. The fourth-order valence-corrected chi connectivity index (χ4v) is 1.76. The van der Waals surface area contributed by atoms with Gasteiger partial charge in [-0.3, -0.25) is 0 Å². The van der Waals surface area contributed by atoms with Gasteiger partial charge in [-0.15, -0.1) is 0 Å². The highest BCUT2D eigenvalue weighted by atomic mass is 16.2. The summed E-state index contributed by atoms with van der Waals surface area (Å²) < 4.78 is 1.87. The third-order valence-corrected chi connectivity index (χ3v) is 2.65. The molecule has 0 aliphatic heterocycles. The second kappa shape index (κ2) is 4.49. The second-order valence-electron chi connectivity index (χ2n) is 4.00. The van der Waals surface area contributed by atoms with Crippen LogP contribution in [0.15, 0.2) is 30.5 Å². The predicted molar refractivity (Wildman–Crippen MR) is 63.8 cm³/mol. The highest BCUT2D eigenvalue weighted by Gasteiger charge is 2.05. The van der Waals surface area contributed by atoms with Crippen molar-refractivity contribution in [3.05, 3.63) is 47.3 Å². The van der Waals surface area contributed by atoms with E-state index in [1.165, 1.54) is 5.56 Å². The highest BCUT2D eigenvalue weighted by Crippen LogP contribution is 2.13. The van der Waals surface area contributed by atoms with Crippen LogP contribution in [0.5, 0.6) is 0 Å². The van der Waals surface area contributed by atoms with E-state index < -0.39 is 0 Å². The maximum atomic E-state index is 8.93. The van der Waals surface area contributed by atoms with Crippen LogP contribution >= 0.6 is 0 Å². The fourth-order valence-electron chi connectivity index (χ4n) is 1.76. The lowest BCUT2D eigenvalue weighted by molar-refractivity contribution is 0.299. The van der Waals surface area contributed by atoms with E-state index in [0.29, 0.717) is 6.42 Å². The Kier molecular flexibility index (Phi) is 3.06. The number of aliphatic hydroxyl groups is 1. The van der Waals surface area contributed by atoms with Crippen LogP contribution in [0.25, 0.3) is 5.69 Å². The van der Waals surface area contributed by atoms with Gasteiger partial charge in [-0.25, -0.2) is 4.68 Å². The molecule has 0 fully saturated rings. The van der Waals surface area contributed by atoms with Crippen LogP contribution in [0.4, 0.5) is 0 Å². The maximum Gasteiger partial charge on any atom is 0.0648 e. The standard InChI is InChI=1S/C13H16N2O/c1-10-4-3-5-13(8-10)15-9-12(6-7-16)11(2)14-15/h3-5,8-9,16H,6-7H2,1-2H3. The van der Waals surface area contributed by atoms with Crippen LogP contribution in [0.3, 0.4) is 0 Å². The molecule has 0 bridgehead atoms. The van der Waals surface area contributed by atoms with Crippen LogP contribution in [0, 0.1) is 13.8 Å². The second-order valence-corrected chi connectivity index (χ2v) is 4.00. The van der Waals surface area contributed by atoms with Crippen LogP contribution in [-0.2, 0) is 6.42 Å². The van der Waals surface area contributed by atoms with Gasteiger partial charge < -0.3 is 5.11 Å². The molecule has 3 heteroatoms. The predicted octanol–water partition coefficient (Wildman–Crippen LogP) is 2.02. The van der Waals surface area contributed by atoms with Gasteiger partial charge in [0.05, 0.1) is 11.4 Å². The molecule has 1 heterocycles. The van der Waals surface area contributed by atoms with Crippen molar-refractivity contribution in [3.63, 3.8) is 0 Å². The summed E-state index contributed by atoms with van der Waals surface area (Å²) in [5, 5.41) is 13.4. The molecule has 2 rings (SSSR count). The van der Waals surface area contributed by atoms with Crippen LogP contribution in [-0.4, -0.2) is 21.5 Å². The van der Waals surface area contributed by atoms with E-state index in [1.807, 2.05) is 29.9 Å². The molecule has 0 saturated carbocycles. The summed E-state index contributed by atoms with van der Waals surface area (Å²) in [6.45, 7) is 4.20. The molecular weight excluding hydrogens is 200 g/mol. The molecule has 1 N–H and O–H groups in total. The molecule has 0 radical (unpaired) electrons. The summed E-state index contributed by atoms with van der Waals surface area (Å²) in [5.74, 6) is 0. The Morgan fingerprint density at radius 2 is 2.12 bits per heavy atom. The third-order valence-electron chi connectivity index (χ3n) is 2.65. The molecule has 84 valence electrons. The monoisotopic (exact) mass is 216 g/mol. The Morgan fingerprint density at radius 1 is 1.31 bits per heavy atom. The molecule has 0 amide bonds. The molecular formula is C13H16N2O. The van der Waals surface area contributed by atoms with Crippen molar-refractivity contribution in [2.45, 2.75) is 20.3 Å². The quantitative estimate of drug-likeness (QED) is 0.852. The highest BCUT2D eigenvalue weighted by molar-refractivity contribution is 5.36. The van der Waals surface area contributed by atoms with Gasteiger partial charge in [-0.2, -0.15) is 5.10 Å². The first-order valence-corrected chi connectivity index (χ1v) is 5.44. The topological polar surface area (TPSA) is 38.0 Å².